The third kappa shape index (κ3) is 4.63. The van der Waals surface area contributed by atoms with Gasteiger partial charge in [-0.05, 0) is 40.0 Å². The van der Waals surface area contributed by atoms with Crippen molar-refractivity contribution in [1.82, 2.24) is 14.9 Å². The first-order valence-electron chi connectivity index (χ1n) is 7.40. The van der Waals surface area contributed by atoms with Gasteiger partial charge in [-0.1, -0.05) is 6.92 Å². The number of nitrogens with zero attached hydrogens (tertiary/aromatic N) is 2. The lowest BCUT2D eigenvalue weighted by Gasteiger charge is -2.28. The lowest BCUT2D eigenvalue weighted by Crippen LogP contribution is -2.52. The average Bonchev–Trinajstić information content (AvgIpc) is 2.76. The molecular weight excluding hydrogens is 254 g/mol. The maximum Gasteiger partial charge on any atom is 0.323 e. The van der Waals surface area contributed by atoms with Gasteiger partial charge in [-0.25, -0.2) is 4.98 Å². The van der Waals surface area contributed by atoms with Crippen LogP contribution in [0.2, 0.25) is 0 Å². The Morgan fingerprint density at radius 1 is 1.55 bits per heavy atom. The Hall–Kier alpha value is -1.36. The summed E-state index contributed by atoms with van der Waals surface area (Å²) in [7, 11) is 0. The highest BCUT2D eigenvalue weighted by atomic mass is 16.4. The zero-order valence-corrected chi connectivity index (χ0v) is 13.0. The minimum atomic E-state index is -0.861. The molecular formula is C15H27N3O2. The molecule has 0 spiro atoms. The summed E-state index contributed by atoms with van der Waals surface area (Å²) in [5.74, 6) is 0.298. The van der Waals surface area contributed by atoms with Crippen molar-refractivity contribution in [2.45, 2.75) is 71.5 Å². The number of nitrogens with one attached hydrogen (secondary N) is 1. The van der Waals surface area contributed by atoms with E-state index >= 15 is 0 Å². The highest BCUT2D eigenvalue weighted by Gasteiger charge is 2.32. The van der Waals surface area contributed by atoms with Crippen molar-refractivity contribution < 1.29 is 9.90 Å². The summed E-state index contributed by atoms with van der Waals surface area (Å²) >= 11 is 0. The quantitative estimate of drug-likeness (QED) is 0.729. The van der Waals surface area contributed by atoms with Crippen LogP contribution in [0.1, 0.15) is 52.8 Å². The van der Waals surface area contributed by atoms with Crippen molar-refractivity contribution in [3.05, 3.63) is 18.2 Å². The van der Waals surface area contributed by atoms with E-state index in [1.807, 2.05) is 26.2 Å². The van der Waals surface area contributed by atoms with Crippen molar-refractivity contribution in [2.24, 2.45) is 0 Å². The van der Waals surface area contributed by atoms with Gasteiger partial charge in [0.15, 0.2) is 0 Å². The fourth-order valence-corrected chi connectivity index (χ4v) is 2.48. The first-order valence-corrected chi connectivity index (χ1v) is 7.40. The maximum atomic E-state index is 11.4. The lowest BCUT2D eigenvalue weighted by molar-refractivity contribution is -0.144. The van der Waals surface area contributed by atoms with Crippen LogP contribution in [0.25, 0.3) is 0 Å². The Morgan fingerprint density at radius 2 is 2.25 bits per heavy atom. The van der Waals surface area contributed by atoms with Gasteiger partial charge in [-0.3, -0.25) is 10.1 Å². The Kier molecular flexibility index (Phi) is 6.20. The van der Waals surface area contributed by atoms with Gasteiger partial charge in [0.05, 0.1) is 0 Å². The Morgan fingerprint density at radius 3 is 2.80 bits per heavy atom. The summed E-state index contributed by atoms with van der Waals surface area (Å²) in [5, 5.41) is 12.5. The van der Waals surface area contributed by atoms with Crippen LogP contribution in [0.15, 0.2) is 12.4 Å². The van der Waals surface area contributed by atoms with Crippen LogP contribution < -0.4 is 5.32 Å². The monoisotopic (exact) mass is 281 g/mol. The normalized spacial score (nSPS) is 14.4. The number of aryl methyl sites for hydroxylation is 2. The zero-order chi connectivity index (χ0) is 15.2. The van der Waals surface area contributed by atoms with Crippen molar-refractivity contribution >= 4 is 5.97 Å². The lowest BCUT2D eigenvalue weighted by atomic mass is 9.95. The molecule has 114 valence electrons. The molecule has 2 N–H and O–H groups in total. The number of rotatable bonds is 9. The van der Waals surface area contributed by atoms with Crippen molar-refractivity contribution in [2.75, 3.05) is 0 Å². The smallest absolute Gasteiger partial charge is 0.323 e. The second kappa shape index (κ2) is 7.43. The average molecular weight is 281 g/mol. The van der Waals surface area contributed by atoms with Crippen LogP contribution in [0.3, 0.4) is 0 Å². The molecule has 0 bridgehead atoms. The summed E-state index contributed by atoms with van der Waals surface area (Å²) < 4.78 is 2.13. The number of aromatic nitrogens is 2. The number of hydrogen-bond donors (Lipinski definition) is 2. The molecule has 0 aromatic carbocycles. The van der Waals surface area contributed by atoms with Crippen LogP contribution >= 0.6 is 0 Å². The number of hydrogen-bond acceptors (Lipinski definition) is 3. The van der Waals surface area contributed by atoms with Gasteiger partial charge >= 0.3 is 5.97 Å². The number of carboxylic acids is 1. The van der Waals surface area contributed by atoms with E-state index < -0.39 is 11.5 Å². The molecule has 0 fully saturated rings. The van der Waals surface area contributed by atoms with E-state index in [2.05, 4.69) is 21.8 Å². The van der Waals surface area contributed by atoms with Gasteiger partial charge in [0.2, 0.25) is 0 Å². The Bertz CT molecular complexity index is 429. The van der Waals surface area contributed by atoms with E-state index in [0.717, 1.165) is 31.6 Å². The van der Waals surface area contributed by atoms with E-state index in [-0.39, 0.29) is 6.04 Å². The van der Waals surface area contributed by atoms with Crippen LogP contribution in [0.5, 0.6) is 0 Å². The number of imidazole rings is 1. The second-order valence-electron chi connectivity index (χ2n) is 5.83. The molecule has 0 aliphatic heterocycles. The molecule has 5 nitrogen and oxygen atoms in total. The second-order valence-corrected chi connectivity index (χ2v) is 5.83. The number of carboxylic acid groups (broad SMARTS) is 1. The highest BCUT2D eigenvalue weighted by Crippen LogP contribution is 2.15. The van der Waals surface area contributed by atoms with Crippen LogP contribution in [0, 0.1) is 0 Å². The van der Waals surface area contributed by atoms with E-state index in [1.165, 1.54) is 0 Å². The zero-order valence-electron chi connectivity index (χ0n) is 13.0. The fourth-order valence-electron chi connectivity index (χ4n) is 2.48. The number of aliphatic carboxylic acids is 1. The van der Waals surface area contributed by atoms with Gasteiger partial charge in [-0.15, -0.1) is 0 Å². The summed E-state index contributed by atoms with van der Waals surface area (Å²) in [5.41, 5.74) is -0.861. The predicted molar refractivity (Wildman–Crippen MR) is 79.8 cm³/mol. The van der Waals surface area contributed by atoms with Crippen LogP contribution in [-0.2, 0) is 17.8 Å². The molecule has 0 saturated carbocycles. The minimum Gasteiger partial charge on any atom is -0.480 e. The predicted octanol–water partition coefficient (Wildman–Crippen LogP) is 2.46. The summed E-state index contributed by atoms with van der Waals surface area (Å²) in [6.07, 6.45) is 7.23. The molecule has 0 amide bonds. The molecule has 0 aliphatic rings. The molecule has 1 atom stereocenters. The minimum absolute atomic E-state index is 0.153. The number of carbonyl (C=O) groups is 1. The topological polar surface area (TPSA) is 67.2 Å². The molecule has 20 heavy (non-hydrogen) atoms. The first kappa shape index (κ1) is 16.7. The van der Waals surface area contributed by atoms with Gasteiger partial charge in [0, 0.05) is 31.4 Å². The highest BCUT2D eigenvalue weighted by molar-refractivity contribution is 5.78. The van der Waals surface area contributed by atoms with Crippen molar-refractivity contribution in [1.29, 1.82) is 0 Å². The molecule has 0 radical (unpaired) electrons. The molecule has 1 unspecified atom stereocenters. The van der Waals surface area contributed by atoms with Gasteiger partial charge in [0.25, 0.3) is 0 Å². The van der Waals surface area contributed by atoms with E-state index in [9.17, 15) is 9.90 Å². The van der Waals surface area contributed by atoms with E-state index in [0.29, 0.717) is 6.42 Å². The Labute approximate surface area is 121 Å². The molecule has 5 heteroatoms. The van der Waals surface area contributed by atoms with Crippen molar-refractivity contribution in [3.8, 4) is 0 Å². The molecule has 1 aromatic heterocycles. The Balaban J connectivity index is 2.56. The molecule has 1 heterocycles. The molecule has 1 rings (SSSR count). The van der Waals surface area contributed by atoms with Crippen molar-refractivity contribution in [3.63, 3.8) is 0 Å². The van der Waals surface area contributed by atoms with Crippen LogP contribution in [0.4, 0.5) is 0 Å². The molecule has 0 aliphatic carbocycles. The van der Waals surface area contributed by atoms with Crippen LogP contribution in [-0.4, -0.2) is 32.2 Å². The fraction of sp³-hybridized carbons (Fsp3) is 0.733. The third-order valence-corrected chi connectivity index (χ3v) is 3.43. The molecule has 0 saturated heterocycles. The SMILES string of the molecule is CCCc1nccn1CCCC(C)(NC(C)C)C(=O)O. The van der Waals surface area contributed by atoms with E-state index in [1.54, 1.807) is 6.92 Å². The van der Waals surface area contributed by atoms with Gasteiger partial charge in [-0.2, -0.15) is 0 Å². The standard InChI is InChI=1S/C15H27N3O2/c1-5-7-13-16-9-11-18(13)10-6-8-15(4,14(19)20)17-12(2)3/h9,11-12,17H,5-8,10H2,1-4H3,(H,19,20). The van der Waals surface area contributed by atoms with Gasteiger partial charge < -0.3 is 9.67 Å². The maximum absolute atomic E-state index is 11.4. The largest absolute Gasteiger partial charge is 0.480 e. The first-order chi connectivity index (χ1) is 9.39. The third-order valence-electron chi connectivity index (χ3n) is 3.43. The summed E-state index contributed by atoms with van der Waals surface area (Å²) in [6.45, 7) is 8.65. The summed E-state index contributed by atoms with van der Waals surface area (Å²) in [6, 6.07) is 0.153. The van der Waals surface area contributed by atoms with E-state index in [4.69, 9.17) is 0 Å². The summed E-state index contributed by atoms with van der Waals surface area (Å²) in [4.78, 5) is 15.8. The molecule has 1 aromatic rings. The van der Waals surface area contributed by atoms with Gasteiger partial charge in [0.1, 0.15) is 11.4 Å².